The van der Waals surface area contributed by atoms with Gasteiger partial charge in [0.05, 0.1) is 0 Å². The Morgan fingerprint density at radius 1 is 1.04 bits per heavy atom. The number of piperidine rings is 1. The average Bonchev–Trinajstić information content (AvgIpc) is 3.49. The second-order valence-corrected chi connectivity index (χ2v) is 7.48. The summed E-state index contributed by atoms with van der Waals surface area (Å²) in [7, 11) is 0. The molecule has 1 aromatic carbocycles. The smallest absolute Gasteiger partial charge is 0.223 e. The van der Waals surface area contributed by atoms with Crippen LogP contribution in [0.1, 0.15) is 61.4 Å². The number of carbonyl (C=O) groups is 2. The van der Waals surface area contributed by atoms with Gasteiger partial charge in [-0.1, -0.05) is 31.2 Å². The molecule has 2 fully saturated rings. The Morgan fingerprint density at radius 3 is 2.32 bits per heavy atom. The molecule has 2 aliphatic rings. The largest absolute Gasteiger partial charge is 0.343 e. The first-order valence-electron chi connectivity index (χ1n) is 9.79. The number of hydrogen-bond acceptors (Lipinski definition) is 3. The molecular formula is C21H30N2O2. The third-order valence-corrected chi connectivity index (χ3v) is 5.49. The average molecular weight is 342 g/mol. The van der Waals surface area contributed by atoms with Crippen molar-refractivity contribution in [3.05, 3.63) is 35.4 Å². The van der Waals surface area contributed by atoms with Crippen LogP contribution in [0.2, 0.25) is 0 Å². The van der Waals surface area contributed by atoms with E-state index in [4.69, 9.17) is 0 Å². The first-order chi connectivity index (χ1) is 12.2. The molecule has 1 N–H and O–H groups in total. The molecule has 1 amide bonds. The molecule has 0 aromatic heterocycles. The van der Waals surface area contributed by atoms with Gasteiger partial charge in [-0.2, -0.15) is 0 Å². The molecule has 1 heterocycles. The maximum absolute atomic E-state index is 12.4. The third kappa shape index (κ3) is 5.40. The van der Waals surface area contributed by atoms with Gasteiger partial charge in [-0.05, 0) is 50.1 Å². The fourth-order valence-electron chi connectivity index (χ4n) is 3.44. The summed E-state index contributed by atoms with van der Waals surface area (Å²) >= 11 is 0. The third-order valence-electron chi connectivity index (χ3n) is 5.49. The SMILES string of the molecule is CCc1ccc(C(=O)CCC(=O)N2CCC(NCC3CC3)CC2)cc1. The van der Waals surface area contributed by atoms with Crippen molar-refractivity contribution in [2.45, 2.75) is 57.9 Å². The lowest BCUT2D eigenvalue weighted by atomic mass is 10.0. The Morgan fingerprint density at radius 2 is 1.72 bits per heavy atom. The maximum atomic E-state index is 12.4. The van der Waals surface area contributed by atoms with E-state index < -0.39 is 0 Å². The molecular weight excluding hydrogens is 312 g/mol. The van der Waals surface area contributed by atoms with Crippen LogP contribution in [0, 0.1) is 5.92 Å². The van der Waals surface area contributed by atoms with E-state index in [0.717, 1.165) is 44.8 Å². The van der Waals surface area contributed by atoms with Gasteiger partial charge in [0.1, 0.15) is 0 Å². The van der Waals surface area contributed by atoms with E-state index in [1.54, 1.807) is 0 Å². The molecule has 0 unspecified atom stereocenters. The van der Waals surface area contributed by atoms with Crippen LogP contribution in [0.25, 0.3) is 0 Å². The van der Waals surface area contributed by atoms with Crippen LogP contribution in [-0.4, -0.2) is 42.3 Å². The number of ketones is 1. The Kier molecular flexibility index (Phi) is 6.24. The van der Waals surface area contributed by atoms with E-state index in [0.29, 0.717) is 24.4 Å². The summed E-state index contributed by atoms with van der Waals surface area (Å²) in [6.07, 6.45) is 6.42. The Hall–Kier alpha value is -1.68. The molecule has 1 aliphatic carbocycles. The molecule has 25 heavy (non-hydrogen) atoms. The molecule has 0 atom stereocenters. The molecule has 136 valence electrons. The van der Waals surface area contributed by atoms with Gasteiger partial charge >= 0.3 is 0 Å². The van der Waals surface area contributed by atoms with Gasteiger partial charge in [0.2, 0.25) is 5.91 Å². The monoisotopic (exact) mass is 342 g/mol. The molecule has 3 rings (SSSR count). The molecule has 1 saturated heterocycles. The fraction of sp³-hybridized carbons (Fsp3) is 0.619. The van der Waals surface area contributed by atoms with Crippen LogP contribution in [0.3, 0.4) is 0 Å². The number of benzene rings is 1. The first-order valence-corrected chi connectivity index (χ1v) is 9.79. The van der Waals surface area contributed by atoms with E-state index in [1.165, 1.54) is 18.4 Å². The number of nitrogens with one attached hydrogen (secondary N) is 1. The number of hydrogen-bond donors (Lipinski definition) is 1. The lowest BCUT2D eigenvalue weighted by molar-refractivity contribution is -0.132. The highest BCUT2D eigenvalue weighted by atomic mass is 16.2. The van der Waals surface area contributed by atoms with Crippen LogP contribution in [0.5, 0.6) is 0 Å². The second kappa shape index (κ2) is 8.61. The predicted octanol–water partition coefficient (Wildman–Crippen LogP) is 3.20. The summed E-state index contributed by atoms with van der Waals surface area (Å²) in [5, 5.41) is 3.63. The van der Waals surface area contributed by atoms with Gasteiger partial charge in [-0.25, -0.2) is 0 Å². The number of likely N-dealkylation sites (tertiary alicyclic amines) is 1. The van der Waals surface area contributed by atoms with E-state index in [9.17, 15) is 9.59 Å². The van der Waals surface area contributed by atoms with Crippen molar-refractivity contribution in [3.63, 3.8) is 0 Å². The maximum Gasteiger partial charge on any atom is 0.223 e. The van der Waals surface area contributed by atoms with E-state index in [1.807, 2.05) is 29.2 Å². The minimum Gasteiger partial charge on any atom is -0.343 e. The molecule has 4 nitrogen and oxygen atoms in total. The minimum absolute atomic E-state index is 0.0667. The number of amides is 1. The summed E-state index contributed by atoms with van der Waals surface area (Å²) in [5.41, 5.74) is 1.94. The lowest BCUT2D eigenvalue weighted by Gasteiger charge is -2.32. The number of nitrogens with zero attached hydrogens (tertiary/aromatic N) is 1. The quantitative estimate of drug-likeness (QED) is 0.738. The summed E-state index contributed by atoms with van der Waals surface area (Å²) in [5.74, 6) is 1.09. The molecule has 0 bridgehead atoms. The summed E-state index contributed by atoms with van der Waals surface area (Å²) in [6.45, 7) is 4.88. The first kappa shape index (κ1) is 18.1. The predicted molar refractivity (Wildman–Crippen MR) is 99.7 cm³/mol. The number of Topliss-reactive ketones (excluding diaryl/α,β-unsaturated/α-hetero) is 1. The van der Waals surface area contributed by atoms with Crippen molar-refractivity contribution >= 4 is 11.7 Å². The summed E-state index contributed by atoms with van der Waals surface area (Å²) < 4.78 is 0. The Bertz CT molecular complexity index is 584. The molecule has 0 radical (unpaired) electrons. The molecule has 1 saturated carbocycles. The number of carbonyl (C=O) groups excluding carboxylic acids is 2. The van der Waals surface area contributed by atoms with Crippen molar-refractivity contribution in [1.82, 2.24) is 10.2 Å². The Labute approximate surface area is 151 Å². The zero-order valence-corrected chi connectivity index (χ0v) is 15.3. The molecule has 1 aliphatic heterocycles. The van der Waals surface area contributed by atoms with Gasteiger partial charge in [-0.3, -0.25) is 9.59 Å². The number of aryl methyl sites for hydroxylation is 1. The van der Waals surface area contributed by atoms with E-state index in [2.05, 4.69) is 12.2 Å². The van der Waals surface area contributed by atoms with Gasteiger partial charge in [0.25, 0.3) is 0 Å². The molecule has 4 heteroatoms. The zero-order chi connectivity index (χ0) is 17.6. The highest BCUT2D eigenvalue weighted by molar-refractivity contribution is 5.98. The minimum atomic E-state index is 0.0667. The van der Waals surface area contributed by atoms with Crippen LogP contribution in [0.4, 0.5) is 0 Å². The standard InChI is InChI=1S/C21H30N2O2/c1-2-16-5-7-18(8-6-16)20(24)9-10-21(25)23-13-11-19(12-14-23)22-15-17-3-4-17/h5-8,17,19,22H,2-4,9-15H2,1H3. The van der Waals surface area contributed by atoms with Gasteiger partial charge < -0.3 is 10.2 Å². The van der Waals surface area contributed by atoms with Crippen molar-refractivity contribution in [1.29, 1.82) is 0 Å². The second-order valence-electron chi connectivity index (χ2n) is 7.48. The van der Waals surface area contributed by atoms with Gasteiger partial charge in [0, 0.05) is 37.5 Å². The summed E-state index contributed by atoms with van der Waals surface area (Å²) in [4.78, 5) is 26.6. The van der Waals surface area contributed by atoms with Crippen LogP contribution in [-0.2, 0) is 11.2 Å². The van der Waals surface area contributed by atoms with Gasteiger partial charge in [0.15, 0.2) is 5.78 Å². The van der Waals surface area contributed by atoms with E-state index in [-0.39, 0.29) is 11.7 Å². The van der Waals surface area contributed by atoms with Crippen molar-refractivity contribution in [2.24, 2.45) is 5.92 Å². The highest BCUT2D eigenvalue weighted by Gasteiger charge is 2.26. The van der Waals surface area contributed by atoms with Crippen LogP contribution < -0.4 is 5.32 Å². The zero-order valence-electron chi connectivity index (χ0n) is 15.3. The van der Waals surface area contributed by atoms with Crippen LogP contribution >= 0.6 is 0 Å². The fourth-order valence-corrected chi connectivity index (χ4v) is 3.44. The molecule has 1 aromatic rings. The normalized spacial score (nSPS) is 18.4. The van der Waals surface area contributed by atoms with Crippen LogP contribution in [0.15, 0.2) is 24.3 Å². The topological polar surface area (TPSA) is 49.4 Å². The molecule has 0 spiro atoms. The van der Waals surface area contributed by atoms with Crippen molar-refractivity contribution < 1.29 is 9.59 Å². The Balaban J connectivity index is 1.37. The van der Waals surface area contributed by atoms with Gasteiger partial charge in [-0.15, -0.1) is 0 Å². The van der Waals surface area contributed by atoms with Crippen molar-refractivity contribution in [2.75, 3.05) is 19.6 Å². The van der Waals surface area contributed by atoms with E-state index >= 15 is 0 Å². The lowest BCUT2D eigenvalue weighted by Crippen LogP contribution is -2.45. The van der Waals surface area contributed by atoms with Crippen molar-refractivity contribution in [3.8, 4) is 0 Å². The number of rotatable bonds is 8. The summed E-state index contributed by atoms with van der Waals surface area (Å²) in [6, 6.07) is 8.30. The highest BCUT2D eigenvalue weighted by Crippen LogP contribution is 2.28.